The molecule has 3 aromatic heterocycles. The molecule has 8 heteroatoms. The molecule has 0 saturated heterocycles. The highest BCUT2D eigenvalue weighted by atomic mass is 32.1. The van der Waals surface area contributed by atoms with Gasteiger partial charge in [0.15, 0.2) is 0 Å². The molecule has 1 aromatic carbocycles. The second-order valence-corrected chi connectivity index (χ2v) is 8.38. The molecule has 144 valence electrons. The number of nitrogens with two attached hydrogens (primary N) is 1. The van der Waals surface area contributed by atoms with Crippen LogP contribution in [0.4, 0.5) is 11.4 Å². The molecule has 0 unspecified atom stereocenters. The Labute approximate surface area is 165 Å². The third-order valence-corrected chi connectivity index (χ3v) is 6.51. The molecule has 1 aliphatic heterocycles. The lowest BCUT2D eigenvalue weighted by Crippen LogP contribution is -2.34. The minimum Gasteiger partial charge on any atom is -0.397 e. The van der Waals surface area contributed by atoms with Crippen LogP contribution in [0, 0.1) is 0 Å². The number of pyridine rings is 1. The molecule has 4 N–H and O–H groups in total. The van der Waals surface area contributed by atoms with E-state index in [-0.39, 0.29) is 5.56 Å². The van der Waals surface area contributed by atoms with Gasteiger partial charge in [-0.05, 0) is 42.6 Å². The lowest BCUT2D eigenvalue weighted by atomic mass is 10.1. The molecule has 7 nitrogen and oxygen atoms in total. The zero-order valence-electron chi connectivity index (χ0n) is 15.9. The highest BCUT2D eigenvalue weighted by Crippen LogP contribution is 2.33. The van der Waals surface area contributed by atoms with Crippen LogP contribution in [0.15, 0.2) is 28.4 Å². The van der Waals surface area contributed by atoms with E-state index in [0.717, 1.165) is 47.3 Å². The fourth-order valence-corrected chi connectivity index (χ4v) is 4.72. The standard InChI is InChI=1S/C20H22N6OS/c1-25-5-3-11-9-13-14(10-15(11)26(2)7-6-25)23-19(22-13)16-17(21)18-12(4-8-28-18)24-20(16)27/h4,8-10H,3,5-7H2,1-2H3,(H,22,23)(H3,21,24,27). The molecular weight excluding hydrogens is 372 g/mol. The van der Waals surface area contributed by atoms with Gasteiger partial charge < -0.3 is 25.5 Å². The van der Waals surface area contributed by atoms with Gasteiger partial charge in [-0.3, -0.25) is 4.79 Å². The third kappa shape index (κ3) is 2.68. The van der Waals surface area contributed by atoms with Crippen LogP contribution in [0.1, 0.15) is 5.56 Å². The summed E-state index contributed by atoms with van der Waals surface area (Å²) in [5, 5.41) is 1.92. The topological polar surface area (TPSA) is 94.0 Å². The number of nitrogens with one attached hydrogen (secondary N) is 2. The predicted molar refractivity (Wildman–Crippen MR) is 116 cm³/mol. The van der Waals surface area contributed by atoms with Gasteiger partial charge in [0, 0.05) is 32.4 Å². The van der Waals surface area contributed by atoms with E-state index >= 15 is 0 Å². The maximum atomic E-state index is 12.7. The van der Waals surface area contributed by atoms with Crippen LogP contribution in [-0.4, -0.2) is 53.6 Å². The lowest BCUT2D eigenvalue weighted by molar-refractivity contribution is 0.341. The molecule has 0 saturated carbocycles. The summed E-state index contributed by atoms with van der Waals surface area (Å²) in [5.41, 5.74) is 12.0. The number of nitrogen functional groups attached to an aromatic ring is 1. The Morgan fingerprint density at radius 1 is 1.14 bits per heavy atom. The molecule has 1 aliphatic rings. The zero-order chi connectivity index (χ0) is 19.4. The molecule has 0 fully saturated rings. The van der Waals surface area contributed by atoms with Crippen molar-refractivity contribution in [1.29, 1.82) is 0 Å². The second-order valence-electron chi connectivity index (χ2n) is 7.46. The number of H-pyrrole nitrogens is 2. The number of nitrogens with zero attached hydrogens (tertiary/aromatic N) is 3. The largest absolute Gasteiger partial charge is 0.397 e. The van der Waals surface area contributed by atoms with E-state index in [0.29, 0.717) is 17.1 Å². The summed E-state index contributed by atoms with van der Waals surface area (Å²) in [5.74, 6) is 0.516. The van der Waals surface area contributed by atoms with E-state index in [4.69, 9.17) is 10.7 Å². The van der Waals surface area contributed by atoms with Crippen LogP contribution in [0.25, 0.3) is 32.6 Å². The number of rotatable bonds is 1. The number of anilines is 2. The summed E-state index contributed by atoms with van der Waals surface area (Å²) in [6.07, 6.45) is 0.977. The van der Waals surface area contributed by atoms with Crippen molar-refractivity contribution >= 4 is 44.0 Å². The molecule has 4 heterocycles. The number of thiophene rings is 1. The number of likely N-dealkylation sites (N-methyl/N-ethyl adjacent to an activating group) is 2. The van der Waals surface area contributed by atoms with Crippen molar-refractivity contribution in [3.05, 3.63) is 39.5 Å². The molecular formula is C20H22N6OS. The Balaban J connectivity index is 1.68. The van der Waals surface area contributed by atoms with Gasteiger partial charge in [0.25, 0.3) is 5.56 Å². The lowest BCUT2D eigenvalue weighted by Gasteiger charge is -2.29. The van der Waals surface area contributed by atoms with Crippen molar-refractivity contribution in [2.75, 3.05) is 44.4 Å². The minimum atomic E-state index is -0.223. The van der Waals surface area contributed by atoms with Crippen LogP contribution in [0.2, 0.25) is 0 Å². The molecule has 0 amide bonds. The van der Waals surface area contributed by atoms with E-state index in [2.05, 4.69) is 46.0 Å². The van der Waals surface area contributed by atoms with Gasteiger partial charge in [0.1, 0.15) is 11.4 Å². The van der Waals surface area contributed by atoms with E-state index in [1.165, 1.54) is 22.6 Å². The van der Waals surface area contributed by atoms with Crippen molar-refractivity contribution in [2.24, 2.45) is 0 Å². The fourth-order valence-electron chi connectivity index (χ4n) is 3.90. The third-order valence-electron chi connectivity index (χ3n) is 5.56. The first-order chi connectivity index (χ1) is 13.5. The Morgan fingerprint density at radius 2 is 2.00 bits per heavy atom. The first-order valence-electron chi connectivity index (χ1n) is 9.33. The number of imidazole rings is 1. The SMILES string of the molecule is CN1CCc2cc3[nH]c(-c4c(N)c5sccc5[nH]c4=O)nc3cc2N(C)CC1. The number of hydrogen-bond acceptors (Lipinski definition) is 6. The van der Waals surface area contributed by atoms with Crippen LogP contribution in [0.5, 0.6) is 0 Å². The van der Waals surface area contributed by atoms with Crippen molar-refractivity contribution in [3.63, 3.8) is 0 Å². The van der Waals surface area contributed by atoms with E-state index in [1.54, 1.807) is 0 Å². The Hall–Kier alpha value is -2.84. The van der Waals surface area contributed by atoms with Crippen LogP contribution in [0.3, 0.4) is 0 Å². The quantitative estimate of drug-likeness (QED) is 0.461. The molecule has 0 bridgehead atoms. The molecule has 28 heavy (non-hydrogen) atoms. The van der Waals surface area contributed by atoms with Crippen molar-refractivity contribution in [3.8, 4) is 11.4 Å². The molecule has 0 spiro atoms. The monoisotopic (exact) mass is 394 g/mol. The molecule has 4 aromatic rings. The van der Waals surface area contributed by atoms with Gasteiger partial charge in [-0.1, -0.05) is 0 Å². The summed E-state index contributed by atoms with van der Waals surface area (Å²) in [6, 6.07) is 6.14. The summed E-state index contributed by atoms with van der Waals surface area (Å²) in [7, 11) is 4.27. The van der Waals surface area contributed by atoms with E-state index in [9.17, 15) is 4.79 Å². The maximum Gasteiger partial charge on any atom is 0.261 e. The summed E-state index contributed by atoms with van der Waals surface area (Å²) in [6.45, 7) is 3.02. The normalized spacial score (nSPS) is 15.7. The maximum absolute atomic E-state index is 12.7. The van der Waals surface area contributed by atoms with Crippen LogP contribution >= 0.6 is 11.3 Å². The fraction of sp³-hybridized carbons (Fsp3) is 0.300. The first kappa shape index (κ1) is 17.3. The number of benzene rings is 1. The number of aromatic nitrogens is 3. The molecule has 0 radical (unpaired) electrons. The first-order valence-corrected chi connectivity index (χ1v) is 10.2. The van der Waals surface area contributed by atoms with E-state index < -0.39 is 0 Å². The van der Waals surface area contributed by atoms with Gasteiger partial charge in [-0.15, -0.1) is 11.3 Å². The van der Waals surface area contributed by atoms with Gasteiger partial charge in [-0.2, -0.15) is 0 Å². The molecule has 5 rings (SSSR count). The summed E-state index contributed by atoms with van der Waals surface area (Å²) >= 11 is 1.52. The molecule has 0 atom stereocenters. The van der Waals surface area contributed by atoms with Gasteiger partial charge in [0.2, 0.25) is 0 Å². The smallest absolute Gasteiger partial charge is 0.261 e. The van der Waals surface area contributed by atoms with Gasteiger partial charge in [0.05, 0.1) is 26.9 Å². The van der Waals surface area contributed by atoms with Crippen LogP contribution < -0.4 is 16.2 Å². The highest BCUT2D eigenvalue weighted by molar-refractivity contribution is 7.17. The van der Waals surface area contributed by atoms with Gasteiger partial charge in [-0.25, -0.2) is 4.98 Å². The van der Waals surface area contributed by atoms with E-state index in [1.807, 2.05) is 11.4 Å². The Kier molecular flexibility index (Phi) is 3.92. The van der Waals surface area contributed by atoms with Crippen LogP contribution in [-0.2, 0) is 6.42 Å². The van der Waals surface area contributed by atoms with Crippen molar-refractivity contribution in [1.82, 2.24) is 19.9 Å². The minimum absolute atomic E-state index is 0.223. The van der Waals surface area contributed by atoms with Gasteiger partial charge >= 0.3 is 0 Å². The van der Waals surface area contributed by atoms with Crippen molar-refractivity contribution < 1.29 is 0 Å². The second kappa shape index (κ2) is 6.35. The Morgan fingerprint density at radius 3 is 2.86 bits per heavy atom. The summed E-state index contributed by atoms with van der Waals surface area (Å²) < 4.78 is 0.880. The zero-order valence-corrected chi connectivity index (χ0v) is 16.7. The number of fused-ring (bicyclic) bond motifs is 3. The number of aromatic amines is 2. The van der Waals surface area contributed by atoms with Crippen molar-refractivity contribution in [2.45, 2.75) is 6.42 Å². The highest BCUT2D eigenvalue weighted by Gasteiger charge is 2.19. The molecule has 0 aliphatic carbocycles. The predicted octanol–water partition coefficient (Wildman–Crippen LogP) is 2.64. The Bertz CT molecular complexity index is 1250. The summed E-state index contributed by atoms with van der Waals surface area (Å²) in [4.78, 5) is 28.2. The number of hydrogen-bond donors (Lipinski definition) is 3. The average molecular weight is 395 g/mol. The average Bonchev–Trinajstić information content (AvgIpc) is 3.28.